The van der Waals surface area contributed by atoms with Gasteiger partial charge in [0, 0.05) is 16.5 Å². The van der Waals surface area contributed by atoms with Crippen molar-refractivity contribution in [2.75, 3.05) is 32.6 Å². The predicted molar refractivity (Wildman–Crippen MR) is 117 cm³/mol. The Balaban J connectivity index is 1.50. The molecule has 0 unspecified atom stereocenters. The summed E-state index contributed by atoms with van der Waals surface area (Å²) < 4.78 is 11.0. The molecule has 1 aromatic carbocycles. The van der Waals surface area contributed by atoms with E-state index >= 15 is 0 Å². The first kappa shape index (κ1) is 20.7. The van der Waals surface area contributed by atoms with Crippen molar-refractivity contribution in [1.29, 1.82) is 5.26 Å². The molecule has 6 nitrogen and oxygen atoms in total. The highest BCUT2D eigenvalue weighted by atomic mass is 32.1. The Morgan fingerprint density at radius 3 is 2.87 bits per heavy atom. The molecule has 1 amide bonds. The summed E-state index contributed by atoms with van der Waals surface area (Å²) in [4.78, 5) is 16.3. The van der Waals surface area contributed by atoms with Gasteiger partial charge in [0.05, 0.1) is 26.3 Å². The SMILES string of the molecule is COc1ccc(OC)c([C@H]2CCCN2CC(=O)Nc2sc3c(c2C#N)CCCC3)c1. The molecular formula is C23H27N3O3S. The van der Waals surface area contributed by atoms with Crippen LogP contribution >= 0.6 is 11.3 Å². The zero-order valence-electron chi connectivity index (χ0n) is 17.5. The van der Waals surface area contributed by atoms with Crippen LogP contribution in [0.5, 0.6) is 11.5 Å². The maximum atomic E-state index is 12.9. The molecule has 0 spiro atoms. The number of nitrogens with one attached hydrogen (secondary N) is 1. The van der Waals surface area contributed by atoms with E-state index in [4.69, 9.17) is 9.47 Å². The number of thiophene rings is 1. The minimum atomic E-state index is -0.0705. The maximum absolute atomic E-state index is 12.9. The lowest BCUT2D eigenvalue weighted by atomic mass is 9.96. The van der Waals surface area contributed by atoms with Crippen LogP contribution in [0.2, 0.25) is 0 Å². The standard InChI is InChI=1S/C23H27N3O3S/c1-28-15-9-10-20(29-2)17(12-15)19-7-5-11-26(19)14-22(27)25-23-18(13-24)16-6-3-4-8-21(16)30-23/h9-10,12,19H,3-8,11,14H2,1-2H3,(H,25,27)/t19-/m1/s1. The molecule has 1 aromatic heterocycles. The first-order chi connectivity index (χ1) is 14.6. The van der Waals surface area contributed by atoms with Crippen LogP contribution in [0.3, 0.4) is 0 Å². The molecule has 0 bridgehead atoms. The normalized spacial score (nSPS) is 18.5. The van der Waals surface area contributed by atoms with E-state index in [2.05, 4.69) is 16.3 Å². The van der Waals surface area contributed by atoms with E-state index in [1.807, 2.05) is 18.2 Å². The van der Waals surface area contributed by atoms with Gasteiger partial charge < -0.3 is 14.8 Å². The Labute approximate surface area is 181 Å². The largest absolute Gasteiger partial charge is 0.497 e. The van der Waals surface area contributed by atoms with Gasteiger partial charge in [0.15, 0.2) is 0 Å². The van der Waals surface area contributed by atoms with Crippen LogP contribution in [0.25, 0.3) is 0 Å². The van der Waals surface area contributed by atoms with Crippen molar-refractivity contribution in [2.24, 2.45) is 0 Å². The van der Waals surface area contributed by atoms with Gasteiger partial charge in [0.25, 0.3) is 0 Å². The van der Waals surface area contributed by atoms with Gasteiger partial charge >= 0.3 is 0 Å². The number of aryl methyl sites for hydroxylation is 1. The van der Waals surface area contributed by atoms with E-state index in [-0.39, 0.29) is 11.9 Å². The molecule has 1 saturated heterocycles. The van der Waals surface area contributed by atoms with Crippen LogP contribution in [-0.4, -0.2) is 38.1 Å². The Bertz CT molecular complexity index is 979. The van der Waals surface area contributed by atoms with Gasteiger partial charge in [-0.1, -0.05) is 0 Å². The summed E-state index contributed by atoms with van der Waals surface area (Å²) in [6.07, 6.45) is 6.21. The highest BCUT2D eigenvalue weighted by Gasteiger charge is 2.31. The van der Waals surface area contributed by atoms with Gasteiger partial charge in [-0.2, -0.15) is 5.26 Å². The van der Waals surface area contributed by atoms with Gasteiger partial charge in [0.1, 0.15) is 22.6 Å². The third kappa shape index (κ3) is 4.03. The van der Waals surface area contributed by atoms with Crippen LogP contribution < -0.4 is 14.8 Å². The van der Waals surface area contributed by atoms with E-state index < -0.39 is 0 Å². The van der Waals surface area contributed by atoms with E-state index in [1.54, 1.807) is 25.6 Å². The summed E-state index contributed by atoms with van der Waals surface area (Å²) >= 11 is 1.57. The molecule has 1 atom stereocenters. The van der Waals surface area contributed by atoms with Crippen LogP contribution in [-0.2, 0) is 17.6 Å². The zero-order valence-corrected chi connectivity index (χ0v) is 18.3. The maximum Gasteiger partial charge on any atom is 0.239 e. The van der Waals surface area contributed by atoms with Crippen LogP contribution in [0.1, 0.15) is 53.3 Å². The Kier molecular flexibility index (Phi) is 6.26. The lowest BCUT2D eigenvalue weighted by molar-refractivity contribution is -0.117. The smallest absolute Gasteiger partial charge is 0.239 e. The van der Waals surface area contributed by atoms with E-state index in [0.29, 0.717) is 17.1 Å². The number of amides is 1. The van der Waals surface area contributed by atoms with Crippen molar-refractivity contribution in [1.82, 2.24) is 4.90 Å². The number of hydrogen-bond acceptors (Lipinski definition) is 6. The molecule has 158 valence electrons. The van der Waals surface area contributed by atoms with E-state index in [1.165, 1.54) is 4.88 Å². The number of carbonyl (C=O) groups is 1. The summed E-state index contributed by atoms with van der Waals surface area (Å²) in [5.41, 5.74) is 2.85. The number of likely N-dealkylation sites (tertiary alicyclic amines) is 1. The van der Waals surface area contributed by atoms with Crippen LogP contribution in [0.4, 0.5) is 5.00 Å². The van der Waals surface area contributed by atoms with Crippen molar-refractivity contribution in [3.8, 4) is 17.6 Å². The molecule has 2 heterocycles. The van der Waals surface area contributed by atoms with Crippen molar-refractivity contribution in [3.63, 3.8) is 0 Å². The predicted octanol–water partition coefficient (Wildman–Crippen LogP) is 4.29. The topological polar surface area (TPSA) is 74.6 Å². The molecule has 30 heavy (non-hydrogen) atoms. The molecule has 0 saturated carbocycles. The Morgan fingerprint density at radius 2 is 2.10 bits per heavy atom. The number of carbonyl (C=O) groups excluding carboxylic acids is 1. The second-order valence-corrected chi connectivity index (χ2v) is 8.92. The number of nitrogens with zero attached hydrogens (tertiary/aromatic N) is 2. The molecule has 1 aliphatic carbocycles. The summed E-state index contributed by atoms with van der Waals surface area (Å²) in [5.74, 6) is 1.52. The molecule has 7 heteroatoms. The molecule has 1 aliphatic heterocycles. The van der Waals surface area contributed by atoms with Crippen LogP contribution in [0.15, 0.2) is 18.2 Å². The number of hydrogen-bond donors (Lipinski definition) is 1. The number of anilines is 1. The fourth-order valence-corrected chi connectivity index (χ4v) is 5.85. The zero-order chi connectivity index (χ0) is 21.1. The summed E-state index contributed by atoms with van der Waals surface area (Å²) in [6, 6.07) is 8.22. The average Bonchev–Trinajstić information content (AvgIpc) is 3.36. The van der Waals surface area contributed by atoms with E-state index in [9.17, 15) is 10.1 Å². The molecular weight excluding hydrogens is 398 g/mol. The average molecular weight is 426 g/mol. The summed E-state index contributed by atoms with van der Waals surface area (Å²) in [6.45, 7) is 1.14. The van der Waals surface area contributed by atoms with E-state index in [0.717, 1.165) is 67.7 Å². The lowest BCUT2D eigenvalue weighted by Crippen LogP contribution is -2.33. The first-order valence-corrected chi connectivity index (χ1v) is 11.3. The van der Waals surface area contributed by atoms with Crippen molar-refractivity contribution in [2.45, 2.75) is 44.6 Å². The summed E-state index contributed by atoms with van der Waals surface area (Å²) in [7, 11) is 3.32. The molecule has 2 aliphatic rings. The molecule has 0 radical (unpaired) electrons. The minimum Gasteiger partial charge on any atom is -0.497 e. The van der Waals surface area contributed by atoms with Crippen LogP contribution in [0, 0.1) is 11.3 Å². The van der Waals surface area contributed by atoms with Gasteiger partial charge in [-0.25, -0.2) is 0 Å². The van der Waals surface area contributed by atoms with Crippen molar-refractivity contribution >= 4 is 22.2 Å². The monoisotopic (exact) mass is 425 g/mol. The highest BCUT2D eigenvalue weighted by molar-refractivity contribution is 7.16. The second-order valence-electron chi connectivity index (χ2n) is 7.81. The van der Waals surface area contributed by atoms with Gasteiger partial charge in [-0.05, 0) is 68.8 Å². The van der Waals surface area contributed by atoms with Gasteiger partial charge in [-0.15, -0.1) is 11.3 Å². The number of nitriles is 1. The van der Waals surface area contributed by atoms with Gasteiger partial charge in [-0.3, -0.25) is 9.69 Å². The fraction of sp³-hybridized carbons (Fsp3) is 0.478. The molecule has 2 aromatic rings. The number of methoxy groups -OCH3 is 2. The molecule has 4 rings (SSSR count). The molecule has 1 N–H and O–H groups in total. The van der Waals surface area contributed by atoms with Crippen molar-refractivity contribution in [3.05, 3.63) is 39.8 Å². The van der Waals surface area contributed by atoms with Crippen molar-refractivity contribution < 1.29 is 14.3 Å². The highest BCUT2D eigenvalue weighted by Crippen LogP contribution is 2.40. The number of rotatable bonds is 6. The third-order valence-electron chi connectivity index (χ3n) is 6.04. The minimum absolute atomic E-state index is 0.0705. The summed E-state index contributed by atoms with van der Waals surface area (Å²) in [5, 5.41) is 13.4. The third-order valence-corrected chi connectivity index (χ3v) is 7.25. The molecule has 1 fully saturated rings. The number of fused-ring (bicyclic) bond motifs is 1. The van der Waals surface area contributed by atoms with Gasteiger partial charge in [0.2, 0.25) is 5.91 Å². The second kappa shape index (κ2) is 9.07. The Hall–Kier alpha value is -2.56. The fourth-order valence-electron chi connectivity index (χ4n) is 4.59. The number of ether oxygens (including phenoxy) is 2. The number of benzene rings is 1. The quantitative estimate of drug-likeness (QED) is 0.747. The lowest BCUT2D eigenvalue weighted by Gasteiger charge is -2.26. The first-order valence-electron chi connectivity index (χ1n) is 10.4. The Morgan fingerprint density at radius 1 is 1.27 bits per heavy atom.